The molecule has 1 heterocycles. The van der Waals surface area contributed by atoms with Gasteiger partial charge in [0, 0.05) is 12.1 Å². The van der Waals surface area contributed by atoms with E-state index in [-0.39, 0.29) is 11.9 Å². The maximum Gasteiger partial charge on any atom is 0.251 e. The maximum absolute atomic E-state index is 12.8. The molecule has 4 rings (SSSR count). The van der Waals surface area contributed by atoms with Gasteiger partial charge in [-0.05, 0) is 55.2 Å². The third kappa shape index (κ3) is 4.53. The lowest BCUT2D eigenvalue weighted by atomic mass is 10.0. The molecule has 31 heavy (non-hydrogen) atoms. The first kappa shape index (κ1) is 20.9. The summed E-state index contributed by atoms with van der Waals surface area (Å²) in [6, 6.07) is 24.3. The smallest absolute Gasteiger partial charge is 0.251 e. The summed E-state index contributed by atoms with van der Waals surface area (Å²) >= 11 is 0. The molecule has 4 aromatic rings. The number of fused-ring (bicyclic) bond motifs is 1. The zero-order valence-electron chi connectivity index (χ0n) is 18.6. The summed E-state index contributed by atoms with van der Waals surface area (Å²) in [5.74, 6) is 1.28. The minimum Gasteiger partial charge on any atom is -0.342 e. The first-order chi connectivity index (χ1) is 14.9. The van der Waals surface area contributed by atoms with E-state index in [0.29, 0.717) is 18.0 Å². The summed E-state index contributed by atoms with van der Waals surface area (Å²) < 4.78 is 2.21. The van der Waals surface area contributed by atoms with Gasteiger partial charge in [-0.1, -0.05) is 67.9 Å². The monoisotopic (exact) mass is 411 g/mol. The molecule has 0 aliphatic heterocycles. The second-order valence-electron chi connectivity index (χ2n) is 8.50. The molecule has 1 amide bonds. The van der Waals surface area contributed by atoms with Crippen LogP contribution in [0.25, 0.3) is 11.0 Å². The Bertz CT molecular complexity index is 1190. The lowest BCUT2D eigenvalue weighted by Gasteiger charge is -2.17. The molecule has 0 radical (unpaired) electrons. The standard InChI is InChI=1S/C27H29N3O/c1-18(2)22-15-11-21(12-16-22)17-30-25-8-6-5-7-24(25)29-26(30)20(4)28-27(31)23-13-9-19(3)10-14-23/h5-16,18,20H,17H2,1-4H3,(H,28,31). The molecule has 1 N–H and O–H groups in total. The van der Waals surface area contributed by atoms with Crippen molar-refractivity contribution in [2.24, 2.45) is 0 Å². The number of hydrogen-bond acceptors (Lipinski definition) is 2. The van der Waals surface area contributed by atoms with Gasteiger partial charge < -0.3 is 9.88 Å². The molecular formula is C27H29N3O. The van der Waals surface area contributed by atoms with E-state index in [1.165, 1.54) is 11.1 Å². The van der Waals surface area contributed by atoms with Crippen molar-refractivity contribution < 1.29 is 4.79 Å². The number of amides is 1. The van der Waals surface area contributed by atoms with Crippen LogP contribution in [0.1, 0.15) is 65.6 Å². The Labute approximate surface area is 183 Å². The zero-order valence-corrected chi connectivity index (χ0v) is 18.6. The van der Waals surface area contributed by atoms with Gasteiger partial charge in [0.1, 0.15) is 5.82 Å². The van der Waals surface area contributed by atoms with E-state index < -0.39 is 0 Å². The van der Waals surface area contributed by atoms with Crippen LogP contribution >= 0.6 is 0 Å². The Balaban J connectivity index is 1.64. The number of carbonyl (C=O) groups is 1. The highest BCUT2D eigenvalue weighted by atomic mass is 16.1. The molecule has 4 heteroatoms. The van der Waals surface area contributed by atoms with Crippen molar-refractivity contribution >= 4 is 16.9 Å². The molecule has 0 spiro atoms. The van der Waals surface area contributed by atoms with Gasteiger partial charge in [0.25, 0.3) is 5.91 Å². The molecular weight excluding hydrogens is 382 g/mol. The van der Waals surface area contributed by atoms with Crippen molar-refractivity contribution in [3.05, 3.63) is 101 Å². The number of rotatable bonds is 6. The molecule has 0 bridgehead atoms. The van der Waals surface area contributed by atoms with E-state index in [2.05, 4.69) is 54.1 Å². The van der Waals surface area contributed by atoms with Crippen molar-refractivity contribution in [1.29, 1.82) is 0 Å². The van der Waals surface area contributed by atoms with Gasteiger partial charge in [-0.3, -0.25) is 4.79 Å². The Hall–Kier alpha value is -3.40. The summed E-state index contributed by atoms with van der Waals surface area (Å²) in [6.07, 6.45) is 0. The van der Waals surface area contributed by atoms with Crippen LogP contribution in [0.2, 0.25) is 0 Å². The number of aryl methyl sites for hydroxylation is 1. The number of nitrogens with one attached hydrogen (secondary N) is 1. The Kier molecular flexibility index (Phi) is 5.90. The number of nitrogens with zero attached hydrogens (tertiary/aromatic N) is 2. The number of hydrogen-bond donors (Lipinski definition) is 1. The summed E-state index contributed by atoms with van der Waals surface area (Å²) in [4.78, 5) is 17.6. The van der Waals surface area contributed by atoms with E-state index in [9.17, 15) is 4.79 Å². The average Bonchev–Trinajstić information content (AvgIpc) is 3.13. The van der Waals surface area contributed by atoms with Gasteiger partial charge in [-0.2, -0.15) is 0 Å². The average molecular weight is 412 g/mol. The highest BCUT2D eigenvalue weighted by molar-refractivity contribution is 5.94. The number of para-hydroxylation sites is 2. The highest BCUT2D eigenvalue weighted by Gasteiger charge is 2.19. The topological polar surface area (TPSA) is 46.9 Å². The molecule has 0 fully saturated rings. The SMILES string of the molecule is Cc1ccc(C(=O)NC(C)c2nc3ccccc3n2Cc2ccc(C(C)C)cc2)cc1. The van der Waals surface area contributed by atoms with Crippen LogP contribution < -0.4 is 5.32 Å². The summed E-state index contributed by atoms with van der Waals surface area (Å²) in [5.41, 5.74) is 6.35. The summed E-state index contributed by atoms with van der Waals surface area (Å²) in [7, 11) is 0. The molecule has 1 aromatic heterocycles. The number of imidazole rings is 1. The highest BCUT2D eigenvalue weighted by Crippen LogP contribution is 2.23. The fourth-order valence-corrected chi connectivity index (χ4v) is 3.83. The first-order valence-corrected chi connectivity index (χ1v) is 10.8. The van der Waals surface area contributed by atoms with Crippen molar-refractivity contribution in [1.82, 2.24) is 14.9 Å². The van der Waals surface area contributed by atoms with E-state index in [1.807, 2.05) is 56.3 Å². The van der Waals surface area contributed by atoms with Crippen molar-refractivity contribution in [3.8, 4) is 0 Å². The largest absolute Gasteiger partial charge is 0.342 e. The molecule has 0 saturated heterocycles. The van der Waals surface area contributed by atoms with Crippen LogP contribution in [0, 0.1) is 6.92 Å². The molecule has 4 nitrogen and oxygen atoms in total. The van der Waals surface area contributed by atoms with Crippen molar-refractivity contribution in [2.45, 2.75) is 46.2 Å². The van der Waals surface area contributed by atoms with Crippen LogP contribution in [0.3, 0.4) is 0 Å². The fourth-order valence-electron chi connectivity index (χ4n) is 3.83. The van der Waals surface area contributed by atoms with Crippen LogP contribution in [0.15, 0.2) is 72.8 Å². The van der Waals surface area contributed by atoms with Crippen LogP contribution in [0.4, 0.5) is 0 Å². The van der Waals surface area contributed by atoms with Gasteiger partial charge in [0.2, 0.25) is 0 Å². The lowest BCUT2D eigenvalue weighted by Crippen LogP contribution is -2.28. The summed E-state index contributed by atoms with van der Waals surface area (Å²) in [5, 5.41) is 3.12. The Morgan fingerprint density at radius 1 is 0.935 bits per heavy atom. The predicted octanol–water partition coefficient (Wildman–Crippen LogP) is 6.01. The third-order valence-corrected chi connectivity index (χ3v) is 5.72. The van der Waals surface area contributed by atoms with Gasteiger partial charge in [0.05, 0.1) is 17.1 Å². The zero-order chi connectivity index (χ0) is 22.0. The van der Waals surface area contributed by atoms with Crippen LogP contribution in [0.5, 0.6) is 0 Å². The molecule has 0 aliphatic rings. The lowest BCUT2D eigenvalue weighted by molar-refractivity contribution is 0.0938. The molecule has 158 valence electrons. The van der Waals surface area contributed by atoms with Gasteiger partial charge in [-0.25, -0.2) is 4.98 Å². The molecule has 0 aliphatic carbocycles. The maximum atomic E-state index is 12.8. The Morgan fingerprint density at radius 3 is 2.29 bits per heavy atom. The summed E-state index contributed by atoms with van der Waals surface area (Å²) in [6.45, 7) is 9.12. The van der Waals surface area contributed by atoms with E-state index >= 15 is 0 Å². The molecule has 3 aromatic carbocycles. The second-order valence-corrected chi connectivity index (χ2v) is 8.50. The van der Waals surface area contributed by atoms with Crippen molar-refractivity contribution in [3.63, 3.8) is 0 Å². The number of carbonyl (C=O) groups excluding carboxylic acids is 1. The fraction of sp³-hybridized carbons (Fsp3) is 0.259. The predicted molar refractivity (Wildman–Crippen MR) is 126 cm³/mol. The van der Waals surface area contributed by atoms with Crippen molar-refractivity contribution in [2.75, 3.05) is 0 Å². The number of aromatic nitrogens is 2. The first-order valence-electron chi connectivity index (χ1n) is 10.8. The van der Waals surface area contributed by atoms with E-state index in [4.69, 9.17) is 4.98 Å². The van der Waals surface area contributed by atoms with Gasteiger partial charge in [0.15, 0.2) is 0 Å². The Morgan fingerprint density at radius 2 is 1.61 bits per heavy atom. The molecule has 1 unspecified atom stereocenters. The van der Waals surface area contributed by atoms with Gasteiger partial charge >= 0.3 is 0 Å². The van der Waals surface area contributed by atoms with Gasteiger partial charge in [-0.15, -0.1) is 0 Å². The second kappa shape index (κ2) is 8.76. The van der Waals surface area contributed by atoms with E-state index in [1.54, 1.807) is 0 Å². The van der Waals surface area contributed by atoms with Crippen LogP contribution in [-0.2, 0) is 6.54 Å². The quantitative estimate of drug-likeness (QED) is 0.422. The minimum absolute atomic E-state index is 0.0904. The normalized spacial score (nSPS) is 12.3. The third-order valence-electron chi connectivity index (χ3n) is 5.72. The number of benzene rings is 3. The molecule has 1 atom stereocenters. The van der Waals surface area contributed by atoms with E-state index in [0.717, 1.165) is 22.4 Å². The minimum atomic E-state index is -0.226. The molecule has 0 saturated carbocycles. The van der Waals surface area contributed by atoms with Crippen LogP contribution in [-0.4, -0.2) is 15.5 Å².